The van der Waals surface area contributed by atoms with Crippen LogP contribution in [-0.4, -0.2) is 53.8 Å². The van der Waals surface area contributed by atoms with E-state index in [1.54, 1.807) is 29.2 Å². The van der Waals surface area contributed by atoms with Crippen molar-refractivity contribution in [2.45, 2.75) is 25.5 Å². The monoisotopic (exact) mass is 380 g/mol. The Morgan fingerprint density at radius 3 is 2.36 bits per heavy atom. The summed E-state index contributed by atoms with van der Waals surface area (Å²) in [4.78, 5) is 40.5. The first-order chi connectivity index (χ1) is 13.6. The summed E-state index contributed by atoms with van der Waals surface area (Å²) in [7, 11) is 1.49. The van der Waals surface area contributed by atoms with E-state index in [9.17, 15) is 14.4 Å². The molecule has 6 heteroatoms. The largest absolute Gasteiger partial charge is 0.460 e. The van der Waals surface area contributed by atoms with Crippen LogP contribution in [0.1, 0.15) is 28.8 Å². The number of likely N-dealkylation sites (tertiary alicyclic amines) is 1. The summed E-state index contributed by atoms with van der Waals surface area (Å²) >= 11 is 0. The summed E-state index contributed by atoms with van der Waals surface area (Å²) in [5.41, 5.74) is 1.38. The number of carbonyl (C=O) groups excluding carboxylic acids is 3. The molecule has 3 rings (SSSR count). The van der Waals surface area contributed by atoms with Gasteiger partial charge in [0.15, 0.2) is 0 Å². The van der Waals surface area contributed by atoms with Crippen LogP contribution in [0.25, 0.3) is 0 Å². The average molecular weight is 380 g/mol. The molecule has 0 aliphatic carbocycles. The van der Waals surface area contributed by atoms with Gasteiger partial charge in [-0.3, -0.25) is 24.2 Å². The van der Waals surface area contributed by atoms with Crippen molar-refractivity contribution in [1.82, 2.24) is 9.80 Å². The predicted molar refractivity (Wildman–Crippen MR) is 104 cm³/mol. The van der Waals surface area contributed by atoms with Gasteiger partial charge in [0.25, 0.3) is 5.91 Å². The molecule has 2 aromatic carbocycles. The molecule has 28 heavy (non-hydrogen) atoms. The lowest BCUT2D eigenvalue weighted by molar-refractivity contribution is -0.147. The minimum atomic E-state index is -0.484. The van der Waals surface area contributed by atoms with E-state index in [2.05, 4.69) is 0 Å². The third-order valence-electron chi connectivity index (χ3n) is 4.88. The van der Waals surface area contributed by atoms with Gasteiger partial charge in [-0.15, -0.1) is 0 Å². The Bertz CT molecular complexity index is 823. The van der Waals surface area contributed by atoms with Gasteiger partial charge in [0, 0.05) is 12.6 Å². The maximum Gasteiger partial charge on any atom is 0.320 e. The maximum atomic E-state index is 12.8. The van der Waals surface area contributed by atoms with Crippen LogP contribution in [0.2, 0.25) is 0 Å². The number of nitrogens with zero attached hydrogens (tertiary/aromatic N) is 2. The van der Waals surface area contributed by atoms with E-state index in [1.807, 2.05) is 36.4 Å². The summed E-state index contributed by atoms with van der Waals surface area (Å²) in [5, 5.41) is 0. The molecule has 1 aliphatic heterocycles. The van der Waals surface area contributed by atoms with E-state index >= 15 is 0 Å². The van der Waals surface area contributed by atoms with Crippen LogP contribution >= 0.6 is 0 Å². The molecule has 1 saturated heterocycles. The summed E-state index contributed by atoms with van der Waals surface area (Å²) in [6.07, 6.45) is 1.42. The first-order valence-corrected chi connectivity index (χ1v) is 9.37. The third-order valence-corrected chi connectivity index (χ3v) is 4.88. The van der Waals surface area contributed by atoms with Crippen LogP contribution in [0.5, 0.6) is 0 Å². The molecule has 0 aromatic heterocycles. The zero-order valence-electron chi connectivity index (χ0n) is 15.9. The highest BCUT2D eigenvalue weighted by Gasteiger charge is 2.35. The molecule has 1 fully saturated rings. The van der Waals surface area contributed by atoms with Crippen LogP contribution in [0.4, 0.5) is 0 Å². The van der Waals surface area contributed by atoms with E-state index in [4.69, 9.17) is 4.74 Å². The number of hydrogen-bond acceptors (Lipinski definition) is 5. The number of imide groups is 1. The molecule has 146 valence electrons. The molecular weight excluding hydrogens is 356 g/mol. The van der Waals surface area contributed by atoms with Crippen molar-refractivity contribution in [3.05, 3.63) is 71.8 Å². The SMILES string of the molecule is CN(C(=O)c1ccccc1)C(=O)[C@H]1CCCN1CC(=O)OCc1ccccc1. The van der Waals surface area contributed by atoms with E-state index in [1.165, 1.54) is 7.05 Å². The normalized spacial score (nSPS) is 16.5. The van der Waals surface area contributed by atoms with Crippen molar-refractivity contribution in [1.29, 1.82) is 0 Å². The second-order valence-corrected chi connectivity index (χ2v) is 6.84. The number of carbonyl (C=O) groups is 3. The van der Waals surface area contributed by atoms with Crippen LogP contribution in [-0.2, 0) is 20.9 Å². The van der Waals surface area contributed by atoms with E-state index in [0.29, 0.717) is 18.5 Å². The van der Waals surface area contributed by atoms with Crippen LogP contribution < -0.4 is 0 Å². The second kappa shape index (κ2) is 9.28. The molecule has 1 heterocycles. The van der Waals surface area contributed by atoms with Gasteiger partial charge in [-0.05, 0) is 37.1 Å². The van der Waals surface area contributed by atoms with E-state index in [-0.39, 0.29) is 30.9 Å². The van der Waals surface area contributed by atoms with Crippen molar-refractivity contribution in [2.24, 2.45) is 0 Å². The number of esters is 1. The van der Waals surface area contributed by atoms with E-state index < -0.39 is 6.04 Å². The lowest BCUT2D eigenvalue weighted by atomic mass is 10.1. The fraction of sp³-hybridized carbons (Fsp3) is 0.318. The number of benzene rings is 2. The predicted octanol–water partition coefficient (Wildman–Crippen LogP) is 2.49. The number of amides is 2. The van der Waals surface area contributed by atoms with Crippen LogP contribution in [0.3, 0.4) is 0 Å². The zero-order chi connectivity index (χ0) is 19.9. The first kappa shape index (κ1) is 19.8. The molecule has 0 spiro atoms. The number of ether oxygens (including phenoxy) is 1. The Labute approximate surface area is 164 Å². The maximum absolute atomic E-state index is 12.8. The molecule has 0 bridgehead atoms. The minimum Gasteiger partial charge on any atom is -0.460 e. The fourth-order valence-corrected chi connectivity index (χ4v) is 3.34. The van der Waals surface area contributed by atoms with Crippen molar-refractivity contribution in [3.8, 4) is 0 Å². The summed E-state index contributed by atoms with van der Waals surface area (Å²) in [6.45, 7) is 0.874. The Morgan fingerprint density at radius 2 is 1.68 bits per heavy atom. The fourth-order valence-electron chi connectivity index (χ4n) is 3.34. The smallest absolute Gasteiger partial charge is 0.320 e. The Hall–Kier alpha value is -2.99. The Balaban J connectivity index is 1.56. The molecule has 0 unspecified atom stereocenters. The van der Waals surface area contributed by atoms with Crippen LogP contribution in [0.15, 0.2) is 60.7 Å². The van der Waals surface area contributed by atoms with Gasteiger partial charge in [-0.1, -0.05) is 48.5 Å². The Morgan fingerprint density at radius 1 is 1.04 bits per heavy atom. The quantitative estimate of drug-likeness (QED) is 0.569. The van der Waals surface area contributed by atoms with Gasteiger partial charge >= 0.3 is 5.97 Å². The lowest BCUT2D eigenvalue weighted by Crippen LogP contribution is -2.47. The zero-order valence-corrected chi connectivity index (χ0v) is 15.9. The molecule has 0 radical (unpaired) electrons. The topological polar surface area (TPSA) is 66.9 Å². The van der Waals surface area contributed by atoms with Gasteiger partial charge in [0.2, 0.25) is 5.91 Å². The van der Waals surface area contributed by atoms with Crippen molar-refractivity contribution in [2.75, 3.05) is 20.1 Å². The number of rotatable bonds is 6. The summed E-state index contributed by atoms with van der Waals surface area (Å²) in [5.74, 6) is -1.01. The molecule has 0 N–H and O–H groups in total. The van der Waals surface area contributed by atoms with Crippen molar-refractivity contribution in [3.63, 3.8) is 0 Å². The van der Waals surface area contributed by atoms with Gasteiger partial charge < -0.3 is 4.74 Å². The van der Waals surface area contributed by atoms with E-state index in [0.717, 1.165) is 16.9 Å². The van der Waals surface area contributed by atoms with Gasteiger partial charge in [-0.25, -0.2) is 0 Å². The summed E-state index contributed by atoms with van der Waals surface area (Å²) < 4.78 is 5.32. The lowest BCUT2D eigenvalue weighted by Gasteiger charge is -2.26. The highest BCUT2D eigenvalue weighted by molar-refractivity contribution is 6.05. The highest BCUT2D eigenvalue weighted by Crippen LogP contribution is 2.20. The third kappa shape index (κ3) is 4.84. The number of hydrogen-bond donors (Lipinski definition) is 0. The molecule has 1 aliphatic rings. The average Bonchev–Trinajstić information content (AvgIpc) is 3.20. The first-order valence-electron chi connectivity index (χ1n) is 9.37. The van der Waals surface area contributed by atoms with Crippen LogP contribution in [0, 0.1) is 0 Å². The van der Waals surface area contributed by atoms with Gasteiger partial charge in [0.1, 0.15) is 6.61 Å². The summed E-state index contributed by atoms with van der Waals surface area (Å²) in [6, 6.07) is 17.7. The van der Waals surface area contributed by atoms with Crippen molar-refractivity contribution >= 4 is 17.8 Å². The highest BCUT2D eigenvalue weighted by atomic mass is 16.5. The Kier molecular flexibility index (Phi) is 6.55. The second-order valence-electron chi connectivity index (χ2n) is 6.84. The molecule has 2 aromatic rings. The minimum absolute atomic E-state index is 0.0383. The molecule has 0 saturated carbocycles. The molecular formula is C22H24N2O4. The molecule has 1 atom stereocenters. The standard InChI is InChI=1S/C22H24N2O4/c1-23(21(26)18-11-6-3-7-12-18)22(27)19-13-8-14-24(19)15-20(25)28-16-17-9-4-2-5-10-17/h2-7,9-12,19H,8,13-16H2,1H3/t19-/m1/s1. The molecule has 6 nitrogen and oxygen atoms in total. The number of likely N-dealkylation sites (N-methyl/N-ethyl adjacent to an activating group) is 1. The van der Waals surface area contributed by atoms with Gasteiger partial charge in [-0.2, -0.15) is 0 Å². The molecule has 2 amide bonds. The van der Waals surface area contributed by atoms with Crippen molar-refractivity contribution < 1.29 is 19.1 Å². The van der Waals surface area contributed by atoms with Gasteiger partial charge in [0.05, 0.1) is 12.6 Å².